The SMILES string of the molecule is CCCN(CCC)c1nncc(N2CCC(C)CC2)n1. The van der Waals surface area contributed by atoms with Gasteiger partial charge in [0, 0.05) is 26.2 Å². The van der Waals surface area contributed by atoms with Crippen molar-refractivity contribution < 1.29 is 0 Å². The predicted molar refractivity (Wildman–Crippen MR) is 83.2 cm³/mol. The maximum Gasteiger partial charge on any atom is 0.247 e. The Labute approximate surface area is 122 Å². The molecule has 0 aromatic carbocycles. The third-order valence-electron chi connectivity index (χ3n) is 3.91. The second-order valence-electron chi connectivity index (χ2n) is 5.77. The molecule has 1 saturated heterocycles. The van der Waals surface area contributed by atoms with Crippen LogP contribution in [-0.2, 0) is 0 Å². The molecule has 2 rings (SSSR count). The summed E-state index contributed by atoms with van der Waals surface area (Å²) in [6, 6.07) is 0. The highest BCUT2D eigenvalue weighted by atomic mass is 15.3. The smallest absolute Gasteiger partial charge is 0.247 e. The molecule has 0 aliphatic carbocycles. The van der Waals surface area contributed by atoms with Crippen molar-refractivity contribution in [3.8, 4) is 0 Å². The standard InChI is InChI=1S/C15H27N5/c1-4-8-20(9-5-2)15-17-14(12-16-18-15)19-10-6-13(3)7-11-19/h12-13H,4-11H2,1-3H3. The van der Waals surface area contributed by atoms with Crippen LogP contribution in [0.25, 0.3) is 0 Å². The highest BCUT2D eigenvalue weighted by molar-refractivity contribution is 5.41. The molecule has 0 atom stereocenters. The topological polar surface area (TPSA) is 45.2 Å². The van der Waals surface area contributed by atoms with Crippen LogP contribution in [0.15, 0.2) is 6.20 Å². The van der Waals surface area contributed by atoms with E-state index >= 15 is 0 Å². The first-order valence-corrected chi connectivity index (χ1v) is 7.94. The number of rotatable bonds is 6. The Bertz CT molecular complexity index is 395. The van der Waals surface area contributed by atoms with Gasteiger partial charge in [-0.25, -0.2) is 0 Å². The molecule has 0 N–H and O–H groups in total. The van der Waals surface area contributed by atoms with Gasteiger partial charge < -0.3 is 9.80 Å². The fourth-order valence-electron chi connectivity index (χ4n) is 2.66. The summed E-state index contributed by atoms with van der Waals surface area (Å²) in [5, 5.41) is 8.39. The Morgan fingerprint density at radius 3 is 2.45 bits per heavy atom. The van der Waals surface area contributed by atoms with Gasteiger partial charge in [-0.3, -0.25) is 0 Å². The van der Waals surface area contributed by atoms with Crippen LogP contribution in [0.5, 0.6) is 0 Å². The molecule has 0 radical (unpaired) electrons. The van der Waals surface area contributed by atoms with Gasteiger partial charge in [-0.05, 0) is 31.6 Å². The molecular formula is C15H27N5. The number of aromatic nitrogens is 3. The summed E-state index contributed by atoms with van der Waals surface area (Å²) in [7, 11) is 0. The van der Waals surface area contributed by atoms with E-state index in [4.69, 9.17) is 4.98 Å². The third-order valence-corrected chi connectivity index (χ3v) is 3.91. The van der Waals surface area contributed by atoms with Crippen LogP contribution in [0, 0.1) is 5.92 Å². The van der Waals surface area contributed by atoms with Crippen molar-refractivity contribution in [3.63, 3.8) is 0 Å². The summed E-state index contributed by atoms with van der Waals surface area (Å²) < 4.78 is 0. The molecule has 20 heavy (non-hydrogen) atoms. The van der Waals surface area contributed by atoms with Crippen molar-refractivity contribution in [1.29, 1.82) is 0 Å². The summed E-state index contributed by atoms with van der Waals surface area (Å²) in [6.07, 6.45) is 6.50. The van der Waals surface area contributed by atoms with Gasteiger partial charge in [0.25, 0.3) is 0 Å². The molecule has 1 aromatic rings. The number of piperidine rings is 1. The Kier molecular flexibility index (Phi) is 5.56. The van der Waals surface area contributed by atoms with Crippen molar-refractivity contribution in [2.75, 3.05) is 36.0 Å². The molecule has 5 heteroatoms. The Morgan fingerprint density at radius 2 is 1.85 bits per heavy atom. The van der Waals surface area contributed by atoms with Gasteiger partial charge in [-0.1, -0.05) is 20.8 Å². The van der Waals surface area contributed by atoms with Crippen LogP contribution in [-0.4, -0.2) is 41.4 Å². The molecular weight excluding hydrogens is 250 g/mol. The highest BCUT2D eigenvalue weighted by Crippen LogP contribution is 2.21. The normalized spacial score (nSPS) is 16.4. The van der Waals surface area contributed by atoms with Crippen LogP contribution in [0.4, 0.5) is 11.8 Å². The summed E-state index contributed by atoms with van der Waals surface area (Å²) in [5.41, 5.74) is 0. The zero-order valence-electron chi connectivity index (χ0n) is 13.0. The van der Waals surface area contributed by atoms with Crippen LogP contribution >= 0.6 is 0 Å². The van der Waals surface area contributed by atoms with Gasteiger partial charge in [0.15, 0.2) is 5.82 Å². The quantitative estimate of drug-likeness (QED) is 0.800. The van der Waals surface area contributed by atoms with Crippen molar-refractivity contribution in [2.24, 2.45) is 5.92 Å². The summed E-state index contributed by atoms with van der Waals surface area (Å²) in [4.78, 5) is 9.32. The van der Waals surface area contributed by atoms with Crippen LogP contribution < -0.4 is 9.80 Å². The van der Waals surface area contributed by atoms with Crippen molar-refractivity contribution in [2.45, 2.75) is 46.5 Å². The molecule has 0 saturated carbocycles. The molecule has 0 bridgehead atoms. The van der Waals surface area contributed by atoms with Crippen LogP contribution in [0.1, 0.15) is 46.5 Å². The van der Waals surface area contributed by atoms with E-state index in [0.717, 1.165) is 56.7 Å². The van der Waals surface area contributed by atoms with Gasteiger partial charge >= 0.3 is 0 Å². The lowest BCUT2D eigenvalue weighted by atomic mass is 9.99. The van der Waals surface area contributed by atoms with Gasteiger partial charge in [0.2, 0.25) is 5.95 Å². The molecule has 1 aromatic heterocycles. The minimum absolute atomic E-state index is 0.782. The third kappa shape index (κ3) is 3.81. The molecule has 0 unspecified atom stereocenters. The zero-order chi connectivity index (χ0) is 14.4. The molecule has 2 heterocycles. The minimum Gasteiger partial charge on any atom is -0.355 e. The number of nitrogens with zero attached hydrogens (tertiary/aromatic N) is 5. The van der Waals surface area contributed by atoms with E-state index in [1.165, 1.54) is 12.8 Å². The van der Waals surface area contributed by atoms with Gasteiger partial charge in [-0.15, -0.1) is 5.10 Å². The van der Waals surface area contributed by atoms with E-state index in [2.05, 4.69) is 40.8 Å². The number of hydrogen-bond acceptors (Lipinski definition) is 5. The lowest BCUT2D eigenvalue weighted by Gasteiger charge is -2.31. The van der Waals surface area contributed by atoms with Gasteiger partial charge in [0.05, 0.1) is 6.20 Å². The first kappa shape index (κ1) is 15.0. The van der Waals surface area contributed by atoms with Gasteiger partial charge in [-0.2, -0.15) is 10.1 Å². The average Bonchev–Trinajstić information content (AvgIpc) is 2.48. The van der Waals surface area contributed by atoms with E-state index < -0.39 is 0 Å². The lowest BCUT2D eigenvalue weighted by Crippen LogP contribution is -2.34. The fraction of sp³-hybridized carbons (Fsp3) is 0.800. The Hall–Kier alpha value is -1.39. The summed E-state index contributed by atoms with van der Waals surface area (Å²) in [5.74, 6) is 2.60. The van der Waals surface area contributed by atoms with E-state index in [1.54, 1.807) is 6.20 Å². The maximum atomic E-state index is 4.74. The fourth-order valence-corrected chi connectivity index (χ4v) is 2.66. The van der Waals surface area contributed by atoms with E-state index in [9.17, 15) is 0 Å². The zero-order valence-corrected chi connectivity index (χ0v) is 13.0. The molecule has 112 valence electrons. The molecule has 1 aliphatic rings. The Balaban J connectivity index is 2.09. The van der Waals surface area contributed by atoms with Gasteiger partial charge in [0.1, 0.15) is 0 Å². The summed E-state index contributed by atoms with van der Waals surface area (Å²) >= 11 is 0. The second kappa shape index (κ2) is 7.41. The second-order valence-corrected chi connectivity index (χ2v) is 5.77. The average molecular weight is 277 g/mol. The number of anilines is 2. The largest absolute Gasteiger partial charge is 0.355 e. The number of hydrogen-bond donors (Lipinski definition) is 0. The highest BCUT2D eigenvalue weighted by Gasteiger charge is 2.18. The van der Waals surface area contributed by atoms with E-state index in [-0.39, 0.29) is 0 Å². The molecule has 1 aliphatic heterocycles. The summed E-state index contributed by atoms with van der Waals surface area (Å²) in [6.45, 7) is 10.9. The van der Waals surface area contributed by atoms with E-state index in [1.807, 2.05) is 0 Å². The molecule has 0 amide bonds. The molecule has 0 spiro atoms. The maximum absolute atomic E-state index is 4.74. The first-order chi connectivity index (χ1) is 9.74. The monoisotopic (exact) mass is 277 g/mol. The molecule has 5 nitrogen and oxygen atoms in total. The lowest BCUT2D eigenvalue weighted by molar-refractivity contribution is 0.436. The van der Waals surface area contributed by atoms with E-state index in [0.29, 0.717) is 0 Å². The Morgan fingerprint density at radius 1 is 1.20 bits per heavy atom. The molecule has 1 fully saturated rings. The van der Waals surface area contributed by atoms with Crippen molar-refractivity contribution in [1.82, 2.24) is 15.2 Å². The van der Waals surface area contributed by atoms with Crippen molar-refractivity contribution in [3.05, 3.63) is 6.20 Å². The van der Waals surface area contributed by atoms with Crippen LogP contribution in [0.3, 0.4) is 0 Å². The van der Waals surface area contributed by atoms with Crippen molar-refractivity contribution >= 4 is 11.8 Å². The van der Waals surface area contributed by atoms with Crippen LogP contribution in [0.2, 0.25) is 0 Å². The first-order valence-electron chi connectivity index (χ1n) is 7.94. The minimum atomic E-state index is 0.782. The predicted octanol–water partition coefficient (Wildman–Crippen LogP) is 2.73.